The number of benzene rings is 1. The van der Waals surface area contributed by atoms with Gasteiger partial charge in [0.25, 0.3) is 0 Å². The highest BCUT2D eigenvalue weighted by atomic mass is 31.0. The van der Waals surface area contributed by atoms with Crippen LogP contribution >= 0.6 is 9.24 Å². The fraction of sp³-hybridized carbons (Fsp3) is 0.364. The number of nitriles is 1. The molecule has 0 aromatic heterocycles. The average molecular weight is 207 g/mol. The van der Waals surface area contributed by atoms with Crippen LogP contribution in [0.25, 0.3) is 0 Å². The second kappa shape index (κ2) is 4.44. The highest BCUT2D eigenvalue weighted by molar-refractivity contribution is 7.27. The summed E-state index contributed by atoms with van der Waals surface area (Å²) in [4.78, 5) is 0. The maximum atomic E-state index is 9.78. The molecule has 1 rings (SSSR count). The molecule has 2 unspecified atom stereocenters. The van der Waals surface area contributed by atoms with Crippen LogP contribution in [0.15, 0.2) is 12.1 Å². The molecule has 0 saturated heterocycles. The smallest absolute Gasteiger partial charge is 0.136 e. The third kappa shape index (κ3) is 2.05. The molecule has 0 aliphatic heterocycles. The molecule has 0 aliphatic carbocycles. The standard InChI is InChI=1S/C11H14NOP/c1-3-7(2)10-5-9(14)4-8(6-12)11(10)13/h4-5,7,13H,3,14H2,1-2H3. The van der Waals surface area contributed by atoms with E-state index in [0.29, 0.717) is 5.56 Å². The van der Waals surface area contributed by atoms with Crippen LogP contribution in [0.4, 0.5) is 0 Å². The molecule has 74 valence electrons. The van der Waals surface area contributed by atoms with Crippen molar-refractivity contribution in [3.8, 4) is 11.8 Å². The number of aromatic hydroxyl groups is 1. The van der Waals surface area contributed by atoms with Crippen molar-refractivity contribution < 1.29 is 5.11 Å². The summed E-state index contributed by atoms with van der Waals surface area (Å²) in [6.07, 6.45) is 0.951. The number of phenols is 1. The molecule has 0 fully saturated rings. The highest BCUT2D eigenvalue weighted by Gasteiger charge is 2.12. The van der Waals surface area contributed by atoms with Gasteiger partial charge in [0.15, 0.2) is 0 Å². The Morgan fingerprint density at radius 1 is 1.57 bits per heavy atom. The third-order valence-corrected chi connectivity index (χ3v) is 2.76. The summed E-state index contributed by atoms with van der Waals surface area (Å²) in [5.41, 5.74) is 1.21. The van der Waals surface area contributed by atoms with E-state index in [1.165, 1.54) is 0 Å². The molecule has 2 atom stereocenters. The largest absolute Gasteiger partial charge is 0.506 e. The number of nitrogens with zero attached hydrogens (tertiary/aromatic N) is 1. The first-order valence-electron chi connectivity index (χ1n) is 4.62. The fourth-order valence-corrected chi connectivity index (χ4v) is 1.71. The molecule has 2 nitrogen and oxygen atoms in total. The monoisotopic (exact) mass is 207 g/mol. The zero-order chi connectivity index (χ0) is 10.7. The second-order valence-corrected chi connectivity index (χ2v) is 4.09. The van der Waals surface area contributed by atoms with E-state index in [1.807, 2.05) is 19.1 Å². The molecule has 0 amide bonds. The lowest BCUT2D eigenvalue weighted by Gasteiger charge is -2.12. The second-order valence-electron chi connectivity index (χ2n) is 3.43. The van der Waals surface area contributed by atoms with E-state index in [1.54, 1.807) is 6.07 Å². The molecule has 0 radical (unpaired) electrons. The van der Waals surface area contributed by atoms with Crippen molar-refractivity contribution in [2.75, 3.05) is 0 Å². The maximum Gasteiger partial charge on any atom is 0.136 e. The molecule has 14 heavy (non-hydrogen) atoms. The van der Waals surface area contributed by atoms with Crippen molar-refractivity contribution in [2.24, 2.45) is 0 Å². The van der Waals surface area contributed by atoms with E-state index >= 15 is 0 Å². The van der Waals surface area contributed by atoms with Gasteiger partial charge in [-0.2, -0.15) is 5.26 Å². The highest BCUT2D eigenvalue weighted by Crippen LogP contribution is 2.30. The molecule has 1 aromatic carbocycles. The molecule has 3 heteroatoms. The Balaban J connectivity index is 3.30. The van der Waals surface area contributed by atoms with Crippen molar-refractivity contribution in [3.63, 3.8) is 0 Å². The summed E-state index contributed by atoms with van der Waals surface area (Å²) >= 11 is 0. The van der Waals surface area contributed by atoms with Crippen molar-refractivity contribution in [2.45, 2.75) is 26.2 Å². The minimum absolute atomic E-state index is 0.132. The van der Waals surface area contributed by atoms with Gasteiger partial charge in [0.05, 0.1) is 5.56 Å². The topological polar surface area (TPSA) is 44.0 Å². The van der Waals surface area contributed by atoms with Gasteiger partial charge in [-0.3, -0.25) is 0 Å². The Kier molecular flexibility index (Phi) is 3.49. The first-order chi connectivity index (χ1) is 6.60. The zero-order valence-corrected chi connectivity index (χ0v) is 9.57. The quantitative estimate of drug-likeness (QED) is 0.756. The maximum absolute atomic E-state index is 9.78. The number of rotatable bonds is 2. The third-order valence-electron chi connectivity index (χ3n) is 2.43. The van der Waals surface area contributed by atoms with Crippen LogP contribution in [0.1, 0.15) is 37.3 Å². The zero-order valence-electron chi connectivity index (χ0n) is 8.41. The molecular formula is C11H14NOP. The Labute approximate surface area is 86.8 Å². The van der Waals surface area contributed by atoms with Gasteiger partial charge in [-0.05, 0) is 35.3 Å². The Hall–Kier alpha value is -1.06. The molecule has 0 bridgehead atoms. The Bertz CT molecular complexity index is 382. The van der Waals surface area contributed by atoms with E-state index in [0.717, 1.165) is 17.3 Å². The SMILES string of the molecule is CCC(C)c1cc(P)cc(C#N)c1O. The normalized spacial score (nSPS) is 12.1. The van der Waals surface area contributed by atoms with Gasteiger partial charge < -0.3 is 5.11 Å². The van der Waals surface area contributed by atoms with Crippen LogP contribution in [0.2, 0.25) is 0 Å². The first-order valence-corrected chi connectivity index (χ1v) is 5.20. The molecular weight excluding hydrogens is 193 g/mol. The molecule has 0 aliphatic rings. The van der Waals surface area contributed by atoms with Gasteiger partial charge in [-0.1, -0.05) is 13.8 Å². The van der Waals surface area contributed by atoms with Crippen LogP contribution in [-0.2, 0) is 0 Å². The lowest BCUT2D eigenvalue weighted by molar-refractivity contribution is 0.460. The summed E-state index contributed by atoms with van der Waals surface area (Å²) in [5, 5.41) is 19.5. The van der Waals surface area contributed by atoms with Crippen LogP contribution < -0.4 is 5.30 Å². The molecule has 0 saturated carbocycles. The van der Waals surface area contributed by atoms with Crippen LogP contribution in [0.5, 0.6) is 5.75 Å². The van der Waals surface area contributed by atoms with Gasteiger partial charge >= 0.3 is 0 Å². The van der Waals surface area contributed by atoms with Crippen molar-refractivity contribution in [1.29, 1.82) is 5.26 Å². The van der Waals surface area contributed by atoms with Crippen LogP contribution in [0, 0.1) is 11.3 Å². The molecule has 0 heterocycles. The molecule has 1 aromatic rings. The summed E-state index contributed by atoms with van der Waals surface area (Å²) in [6.45, 7) is 4.10. The Morgan fingerprint density at radius 2 is 2.21 bits per heavy atom. The van der Waals surface area contributed by atoms with Gasteiger partial charge in [0.1, 0.15) is 11.8 Å². The van der Waals surface area contributed by atoms with E-state index in [4.69, 9.17) is 5.26 Å². The van der Waals surface area contributed by atoms with Gasteiger partial charge in [-0.15, -0.1) is 9.24 Å². The number of hydrogen-bond acceptors (Lipinski definition) is 2. The predicted octanol–water partition coefficient (Wildman–Crippen LogP) is 2.28. The van der Waals surface area contributed by atoms with Gasteiger partial charge in [0, 0.05) is 0 Å². The predicted molar refractivity (Wildman–Crippen MR) is 60.9 cm³/mol. The first kappa shape index (κ1) is 11.0. The summed E-state index contributed by atoms with van der Waals surface area (Å²) in [6, 6.07) is 5.58. The number of hydrogen-bond donors (Lipinski definition) is 1. The van der Waals surface area contributed by atoms with Gasteiger partial charge in [0.2, 0.25) is 0 Å². The van der Waals surface area contributed by atoms with Crippen LogP contribution in [-0.4, -0.2) is 5.11 Å². The fourth-order valence-electron chi connectivity index (χ4n) is 1.36. The number of phenolic OH excluding ortho intramolecular Hbond substituents is 1. The minimum atomic E-state index is 0.132. The van der Waals surface area contributed by atoms with Crippen LogP contribution in [0.3, 0.4) is 0 Å². The minimum Gasteiger partial charge on any atom is -0.506 e. The molecule has 0 spiro atoms. The summed E-state index contributed by atoms with van der Waals surface area (Å²) < 4.78 is 0. The van der Waals surface area contributed by atoms with E-state index in [2.05, 4.69) is 16.2 Å². The van der Waals surface area contributed by atoms with Gasteiger partial charge in [-0.25, -0.2) is 0 Å². The van der Waals surface area contributed by atoms with Crippen molar-refractivity contribution >= 4 is 14.5 Å². The van der Waals surface area contributed by atoms with E-state index in [-0.39, 0.29) is 11.7 Å². The average Bonchev–Trinajstić information content (AvgIpc) is 2.19. The summed E-state index contributed by atoms with van der Waals surface area (Å²) in [5.74, 6) is 0.413. The Morgan fingerprint density at radius 3 is 2.71 bits per heavy atom. The molecule has 1 N–H and O–H groups in total. The van der Waals surface area contributed by atoms with E-state index in [9.17, 15) is 5.11 Å². The lowest BCUT2D eigenvalue weighted by Crippen LogP contribution is -2.01. The van der Waals surface area contributed by atoms with E-state index < -0.39 is 0 Å². The van der Waals surface area contributed by atoms with Crippen molar-refractivity contribution in [3.05, 3.63) is 23.3 Å². The lowest BCUT2D eigenvalue weighted by atomic mass is 9.96. The summed E-state index contributed by atoms with van der Waals surface area (Å²) in [7, 11) is 2.55. The van der Waals surface area contributed by atoms with Crippen molar-refractivity contribution in [1.82, 2.24) is 0 Å².